The van der Waals surface area contributed by atoms with Crippen LogP contribution in [0.5, 0.6) is 0 Å². The van der Waals surface area contributed by atoms with E-state index in [0.29, 0.717) is 0 Å². The monoisotopic (exact) mass is 506 g/mol. The van der Waals surface area contributed by atoms with Crippen LogP contribution in [0.1, 0.15) is 30.3 Å². The normalized spacial score (nSPS) is 16.5. The number of aromatic amines is 1. The average Bonchev–Trinajstić information content (AvgIpc) is 3.37. The minimum absolute atomic E-state index is 0.0745. The minimum Gasteiger partial charge on any atom is -0.383 e. The largest absolute Gasteiger partial charge is 0.410 e. The summed E-state index contributed by atoms with van der Waals surface area (Å²) < 4.78 is 69.6. The number of hydrogen-bond acceptors (Lipinski definition) is 5. The van der Waals surface area contributed by atoms with Gasteiger partial charge in [0, 0.05) is 42.2 Å². The number of nitrogens with zero attached hydrogens (tertiary/aromatic N) is 6. The number of anilines is 1. The summed E-state index contributed by atoms with van der Waals surface area (Å²) >= 11 is 0. The molecule has 3 heterocycles. The molecule has 0 radical (unpaired) electrons. The average molecular weight is 506 g/mol. The molecule has 1 saturated heterocycles. The second kappa shape index (κ2) is 8.92. The van der Waals surface area contributed by atoms with Gasteiger partial charge in [-0.05, 0) is 26.8 Å². The predicted molar refractivity (Wildman–Crippen MR) is 122 cm³/mol. The summed E-state index contributed by atoms with van der Waals surface area (Å²) in [5, 5.41) is 20.9. The molecule has 190 valence electrons. The van der Waals surface area contributed by atoms with E-state index in [0.717, 1.165) is 41.6 Å². The number of aliphatic imine (C=N–C) groups is 1. The Kier molecular flexibility index (Phi) is 6.24. The van der Waals surface area contributed by atoms with Crippen molar-refractivity contribution < 1.29 is 22.0 Å². The van der Waals surface area contributed by atoms with Gasteiger partial charge in [-0.2, -0.15) is 28.6 Å². The molecule has 1 atom stereocenters. The molecule has 0 bridgehead atoms. The molecule has 3 aromatic rings. The summed E-state index contributed by atoms with van der Waals surface area (Å²) in [5.74, 6) is -2.63. The van der Waals surface area contributed by atoms with Crippen molar-refractivity contribution in [3.63, 3.8) is 0 Å². The zero-order valence-electron chi connectivity index (χ0n) is 19.7. The van der Waals surface area contributed by atoms with Gasteiger partial charge < -0.3 is 10.6 Å². The van der Waals surface area contributed by atoms with Crippen LogP contribution in [-0.2, 0) is 5.54 Å². The number of aromatic nitrogens is 4. The Morgan fingerprint density at radius 3 is 2.56 bits per heavy atom. The summed E-state index contributed by atoms with van der Waals surface area (Å²) in [6, 6.07) is 1.56. The van der Waals surface area contributed by atoms with E-state index in [-0.39, 0.29) is 25.2 Å². The molecule has 13 heteroatoms. The molecule has 36 heavy (non-hydrogen) atoms. The highest BCUT2D eigenvalue weighted by Gasteiger charge is 2.46. The lowest BCUT2D eigenvalue weighted by Gasteiger charge is -2.50. The maximum atomic E-state index is 14.9. The highest BCUT2D eigenvalue weighted by atomic mass is 19.4. The molecule has 0 spiro atoms. The summed E-state index contributed by atoms with van der Waals surface area (Å²) in [4.78, 5) is 4.78. The third-order valence-corrected chi connectivity index (χ3v) is 6.32. The SMILES string of the molecule is Cc1n[nH]c(C)c1-c1cnn(C2(CC#N)CN(c3cc(F)c(C(N)=N[C@@H](C)C(F)(F)F)cc3F)C2)c1. The fraction of sp³-hybridized carbons (Fsp3) is 0.391. The number of benzene rings is 1. The number of nitrogens with one attached hydrogen (secondary N) is 1. The van der Waals surface area contributed by atoms with Gasteiger partial charge in [0.2, 0.25) is 0 Å². The van der Waals surface area contributed by atoms with Gasteiger partial charge >= 0.3 is 6.18 Å². The van der Waals surface area contributed by atoms with Crippen LogP contribution in [0.25, 0.3) is 11.1 Å². The van der Waals surface area contributed by atoms with Crippen LogP contribution < -0.4 is 10.6 Å². The lowest BCUT2D eigenvalue weighted by molar-refractivity contribution is -0.142. The molecule has 4 rings (SSSR count). The molecule has 0 saturated carbocycles. The number of hydrogen-bond donors (Lipinski definition) is 2. The van der Waals surface area contributed by atoms with Gasteiger partial charge in [-0.15, -0.1) is 0 Å². The van der Waals surface area contributed by atoms with E-state index >= 15 is 0 Å². The van der Waals surface area contributed by atoms with Gasteiger partial charge in [0.05, 0.1) is 35.6 Å². The number of halogens is 5. The van der Waals surface area contributed by atoms with Gasteiger partial charge in [0.1, 0.15) is 29.1 Å². The van der Waals surface area contributed by atoms with E-state index in [1.165, 1.54) is 4.90 Å². The Morgan fingerprint density at radius 2 is 1.97 bits per heavy atom. The van der Waals surface area contributed by atoms with Gasteiger partial charge in [-0.3, -0.25) is 14.8 Å². The Bertz CT molecular complexity index is 1340. The first kappa shape index (κ1) is 25.2. The quantitative estimate of drug-likeness (QED) is 0.299. The summed E-state index contributed by atoms with van der Waals surface area (Å²) in [7, 11) is 0. The summed E-state index contributed by atoms with van der Waals surface area (Å²) in [6.45, 7) is 4.82. The molecule has 0 amide bonds. The van der Waals surface area contributed by atoms with E-state index in [1.807, 2.05) is 13.8 Å². The molecule has 1 aliphatic heterocycles. The zero-order valence-corrected chi connectivity index (χ0v) is 19.7. The van der Waals surface area contributed by atoms with E-state index in [4.69, 9.17) is 5.73 Å². The maximum absolute atomic E-state index is 14.9. The first-order chi connectivity index (χ1) is 16.9. The van der Waals surface area contributed by atoms with Crippen molar-refractivity contribution in [2.75, 3.05) is 18.0 Å². The van der Waals surface area contributed by atoms with Crippen molar-refractivity contribution in [1.82, 2.24) is 20.0 Å². The molecule has 2 aromatic heterocycles. The Hall–Kier alpha value is -3.95. The van der Waals surface area contributed by atoms with Gasteiger partial charge in [0.15, 0.2) is 0 Å². The van der Waals surface area contributed by atoms with Crippen LogP contribution in [0.4, 0.5) is 27.6 Å². The lowest BCUT2D eigenvalue weighted by Crippen LogP contribution is -2.63. The topological polar surface area (TPSA) is 112 Å². The molecular weight excluding hydrogens is 483 g/mol. The molecule has 3 N–H and O–H groups in total. The number of amidine groups is 1. The van der Waals surface area contributed by atoms with Crippen LogP contribution in [-0.4, -0.2) is 51.1 Å². The van der Waals surface area contributed by atoms with Crippen molar-refractivity contribution in [3.05, 3.63) is 53.1 Å². The highest BCUT2D eigenvalue weighted by Crippen LogP contribution is 2.39. The summed E-state index contributed by atoms with van der Waals surface area (Å²) in [6.07, 6.45) is -1.14. The maximum Gasteiger partial charge on any atom is 0.410 e. The molecule has 0 aliphatic carbocycles. The number of rotatable bonds is 6. The second-order valence-corrected chi connectivity index (χ2v) is 8.91. The number of nitriles is 1. The smallest absolute Gasteiger partial charge is 0.383 e. The predicted octanol–water partition coefficient (Wildman–Crippen LogP) is 3.95. The molecule has 1 aliphatic rings. The third kappa shape index (κ3) is 4.38. The molecule has 1 aromatic carbocycles. The van der Waals surface area contributed by atoms with Crippen LogP contribution in [0, 0.1) is 36.8 Å². The number of aryl methyl sites for hydroxylation is 2. The number of alkyl halides is 3. The standard InChI is InChI=1S/C23H23F5N8/c1-12-20(13(2)34-33-12)15-8-31-36(9-15)22(4-5-29)10-35(11-22)19-7-17(24)16(6-18(19)25)21(30)32-14(3)23(26,27)28/h6-9,14H,4,10-11H2,1-3H3,(H2,30,32)(H,33,34)/t14-/m0/s1. The molecule has 0 unspecified atom stereocenters. The van der Waals surface area contributed by atoms with Gasteiger partial charge in [0.25, 0.3) is 0 Å². The van der Waals surface area contributed by atoms with Gasteiger partial charge in [-0.25, -0.2) is 8.78 Å². The van der Waals surface area contributed by atoms with Crippen LogP contribution in [0.2, 0.25) is 0 Å². The first-order valence-corrected chi connectivity index (χ1v) is 10.9. The fourth-order valence-electron chi connectivity index (χ4n) is 4.33. The number of nitrogens with two attached hydrogens (primary N) is 1. The van der Waals surface area contributed by atoms with E-state index < -0.39 is 40.8 Å². The van der Waals surface area contributed by atoms with Crippen molar-refractivity contribution in [3.8, 4) is 17.2 Å². The molecular formula is C23H23F5N8. The minimum atomic E-state index is -4.66. The third-order valence-electron chi connectivity index (χ3n) is 6.32. The van der Waals surface area contributed by atoms with Crippen molar-refractivity contribution in [1.29, 1.82) is 5.26 Å². The van der Waals surface area contributed by atoms with Crippen LogP contribution in [0.3, 0.4) is 0 Å². The Morgan fingerprint density at radius 1 is 1.28 bits per heavy atom. The van der Waals surface area contributed by atoms with E-state index in [2.05, 4.69) is 26.4 Å². The fourth-order valence-corrected chi connectivity index (χ4v) is 4.33. The molecule has 1 fully saturated rings. The molecule has 8 nitrogen and oxygen atoms in total. The zero-order chi connectivity index (χ0) is 26.4. The van der Waals surface area contributed by atoms with Crippen LogP contribution >= 0.6 is 0 Å². The van der Waals surface area contributed by atoms with E-state index in [1.54, 1.807) is 17.1 Å². The highest BCUT2D eigenvalue weighted by molar-refractivity contribution is 5.98. The van der Waals surface area contributed by atoms with Crippen molar-refractivity contribution in [2.45, 2.75) is 44.9 Å². The van der Waals surface area contributed by atoms with E-state index in [9.17, 15) is 27.2 Å². The van der Waals surface area contributed by atoms with Crippen molar-refractivity contribution >= 4 is 11.5 Å². The summed E-state index contributed by atoms with van der Waals surface area (Å²) in [5.41, 5.74) is 7.46. The number of H-pyrrole nitrogens is 1. The van der Waals surface area contributed by atoms with Crippen LogP contribution in [0.15, 0.2) is 29.5 Å². The first-order valence-electron chi connectivity index (χ1n) is 10.9. The Labute approximate surface area is 203 Å². The second-order valence-electron chi connectivity index (χ2n) is 8.91. The Balaban J connectivity index is 1.58. The van der Waals surface area contributed by atoms with Crippen molar-refractivity contribution in [2.24, 2.45) is 10.7 Å². The van der Waals surface area contributed by atoms with Gasteiger partial charge in [-0.1, -0.05) is 0 Å². The lowest BCUT2D eigenvalue weighted by atomic mass is 9.86.